The van der Waals surface area contributed by atoms with Crippen molar-refractivity contribution in [2.45, 2.75) is 110 Å². The van der Waals surface area contributed by atoms with Crippen LogP contribution in [0.1, 0.15) is 103 Å². The molecule has 4 heterocycles. The second-order valence-corrected chi connectivity index (χ2v) is 20.6. The van der Waals surface area contributed by atoms with Crippen molar-refractivity contribution in [1.29, 1.82) is 0 Å². The lowest BCUT2D eigenvalue weighted by Gasteiger charge is -2.52. The van der Waals surface area contributed by atoms with Crippen molar-refractivity contribution in [3.05, 3.63) is 150 Å². The van der Waals surface area contributed by atoms with Crippen LogP contribution in [-0.2, 0) is 16.2 Å². The highest BCUT2D eigenvalue weighted by molar-refractivity contribution is 7.00. The molecule has 294 valence electrons. The van der Waals surface area contributed by atoms with Gasteiger partial charge in [-0.15, -0.1) is 0 Å². The molecule has 0 saturated heterocycles. The summed E-state index contributed by atoms with van der Waals surface area (Å²) in [4.78, 5) is 5.38. The van der Waals surface area contributed by atoms with E-state index >= 15 is 0 Å². The van der Waals surface area contributed by atoms with Crippen molar-refractivity contribution in [2.24, 2.45) is 0 Å². The Morgan fingerprint density at radius 2 is 1.17 bits per heavy atom. The van der Waals surface area contributed by atoms with Gasteiger partial charge < -0.3 is 14.4 Å². The SMILES string of the molecule is Cc1c(-c2ccccc2)n2c3c(cc(C(C)(C)C)cc13)B1c3cc(C(C)(C)C)cc4c3N(c3cc(N(c5ccccc5)c5ccccc5)cc-2c31)C1(C)CCCCC41C. The van der Waals surface area contributed by atoms with Gasteiger partial charge in [0.2, 0.25) is 0 Å². The van der Waals surface area contributed by atoms with Gasteiger partial charge in [-0.2, -0.15) is 0 Å². The fourth-order valence-electron chi connectivity index (χ4n) is 11.8. The van der Waals surface area contributed by atoms with Crippen LogP contribution in [0.25, 0.3) is 27.8 Å². The minimum atomic E-state index is -0.0851. The standard InChI is InChI=1S/C55H56BN3/c1-35-42-29-37(52(2,3)4)31-44-50(42)58(49(35)36-21-13-10-14-22-36)46-33-41(57(39-23-15-11-16-24-39)40-25-17-12-18-26-40)34-47-48(46)56(44)45-32-38(53(5,6)7)30-43-51(45)59(47)55(9)28-20-19-27-54(43,55)8/h10-18,21-26,29-34H,19-20,27-28H2,1-9H3. The molecule has 1 aliphatic carbocycles. The van der Waals surface area contributed by atoms with Gasteiger partial charge in [-0.25, -0.2) is 0 Å². The molecular formula is C55H56BN3. The highest BCUT2D eigenvalue weighted by Gasteiger charge is 2.61. The van der Waals surface area contributed by atoms with Crippen LogP contribution in [0.5, 0.6) is 0 Å². The molecule has 2 unspecified atom stereocenters. The van der Waals surface area contributed by atoms with E-state index in [0.717, 1.165) is 11.4 Å². The molecule has 6 aromatic carbocycles. The third-order valence-electron chi connectivity index (χ3n) is 15.2. The van der Waals surface area contributed by atoms with Crippen molar-refractivity contribution < 1.29 is 0 Å². The Hall–Kier alpha value is -5.48. The highest BCUT2D eigenvalue weighted by Crippen LogP contribution is 2.62. The average molecular weight is 770 g/mol. The zero-order chi connectivity index (χ0) is 40.8. The van der Waals surface area contributed by atoms with E-state index < -0.39 is 0 Å². The Morgan fingerprint density at radius 1 is 0.610 bits per heavy atom. The average Bonchev–Trinajstić information content (AvgIpc) is 3.63. The molecule has 11 rings (SSSR count). The molecule has 0 N–H and O–H groups in total. The van der Waals surface area contributed by atoms with Gasteiger partial charge in [0.05, 0.1) is 16.9 Å². The van der Waals surface area contributed by atoms with E-state index in [-0.39, 0.29) is 28.5 Å². The first kappa shape index (κ1) is 36.6. The van der Waals surface area contributed by atoms with Crippen LogP contribution in [0.3, 0.4) is 0 Å². The largest absolute Gasteiger partial charge is 0.335 e. The first-order chi connectivity index (χ1) is 28.2. The minimum Gasteiger partial charge on any atom is -0.335 e. The molecule has 59 heavy (non-hydrogen) atoms. The van der Waals surface area contributed by atoms with Crippen LogP contribution in [0.15, 0.2) is 127 Å². The first-order valence-corrected chi connectivity index (χ1v) is 22.0. The smallest absolute Gasteiger partial charge is 0.252 e. The van der Waals surface area contributed by atoms with Crippen LogP contribution in [0, 0.1) is 6.92 Å². The van der Waals surface area contributed by atoms with E-state index in [0.29, 0.717) is 0 Å². The Labute approximate surface area is 351 Å². The van der Waals surface area contributed by atoms with E-state index in [1.165, 1.54) is 104 Å². The summed E-state index contributed by atoms with van der Waals surface area (Å²) in [5.41, 5.74) is 21.6. The van der Waals surface area contributed by atoms with E-state index in [4.69, 9.17) is 0 Å². The molecule has 3 aliphatic heterocycles. The number of nitrogens with zero attached hydrogens (tertiary/aromatic N) is 3. The van der Waals surface area contributed by atoms with E-state index in [1.807, 2.05) is 0 Å². The van der Waals surface area contributed by atoms with Gasteiger partial charge in [0.25, 0.3) is 6.71 Å². The maximum atomic E-state index is 2.89. The number of rotatable bonds is 4. The number of hydrogen-bond donors (Lipinski definition) is 0. The molecule has 0 bridgehead atoms. The Morgan fingerprint density at radius 3 is 1.80 bits per heavy atom. The fraction of sp³-hybridized carbons (Fsp3) is 0.309. The van der Waals surface area contributed by atoms with E-state index in [9.17, 15) is 0 Å². The predicted octanol–water partition coefficient (Wildman–Crippen LogP) is 12.6. The maximum Gasteiger partial charge on any atom is 0.252 e. The number of fused-ring (bicyclic) bond motifs is 7. The van der Waals surface area contributed by atoms with Crippen molar-refractivity contribution in [2.75, 3.05) is 9.80 Å². The summed E-state index contributed by atoms with van der Waals surface area (Å²) in [7, 11) is 0. The maximum absolute atomic E-state index is 2.89. The second-order valence-electron chi connectivity index (χ2n) is 20.6. The first-order valence-electron chi connectivity index (χ1n) is 22.0. The third kappa shape index (κ3) is 4.95. The van der Waals surface area contributed by atoms with Crippen LogP contribution >= 0.6 is 0 Å². The van der Waals surface area contributed by atoms with Gasteiger partial charge in [0.15, 0.2) is 0 Å². The summed E-state index contributed by atoms with van der Waals surface area (Å²) < 4.78 is 2.69. The molecule has 0 radical (unpaired) electrons. The Kier molecular flexibility index (Phi) is 7.62. The number of hydrogen-bond acceptors (Lipinski definition) is 2. The molecule has 1 aromatic heterocycles. The van der Waals surface area contributed by atoms with Crippen molar-refractivity contribution in [3.63, 3.8) is 0 Å². The highest BCUT2D eigenvalue weighted by atomic mass is 15.3. The number of benzene rings is 6. The molecule has 0 amide bonds. The predicted molar refractivity (Wildman–Crippen MR) is 253 cm³/mol. The lowest BCUT2D eigenvalue weighted by molar-refractivity contribution is 0.195. The zero-order valence-electron chi connectivity index (χ0n) is 36.4. The normalized spacial score (nSPS) is 20.1. The molecule has 1 saturated carbocycles. The van der Waals surface area contributed by atoms with Crippen LogP contribution in [0.2, 0.25) is 0 Å². The molecule has 4 aliphatic rings. The fourth-order valence-corrected chi connectivity index (χ4v) is 11.8. The summed E-state index contributed by atoms with van der Waals surface area (Å²) in [5, 5.41) is 1.37. The van der Waals surface area contributed by atoms with Crippen LogP contribution in [-0.4, -0.2) is 16.8 Å². The molecule has 0 spiro atoms. The summed E-state index contributed by atoms with van der Waals surface area (Å²) in [6.45, 7) is 22.1. The van der Waals surface area contributed by atoms with Gasteiger partial charge in [-0.1, -0.05) is 146 Å². The van der Waals surface area contributed by atoms with E-state index in [1.54, 1.807) is 5.56 Å². The van der Waals surface area contributed by atoms with Gasteiger partial charge in [-0.3, -0.25) is 0 Å². The van der Waals surface area contributed by atoms with Crippen molar-refractivity contribution >= 4 is 62.4 Å². The molecular weight excluding hydrogens is 713 g/mol. The molecule has 1 fully saturated rings. The lowest BCUT2D eigenvalue weighted by Crippen LogP contribution is -2.64. The van der Waals surface area contributed by atoms with Gasteiger partial charge >= 0.3 is 0 Å². The number of anilines is 5. The Balaban J connectivity index is 1.35. The molecule has 2 atom stereocenters. The minimum absolute atomic E-state index is 0.00768. The van der Waals surface area contributed by atoms with E-state index in [2.05, 4.69) is 204 Å². The summed E-state index contributed by atoms with van der Waals surface area (Å²) in [6, 6.07) is 48.7. The summed E-state index contributed by atoms with van der Waals surface area (Å²) in [5.74, 6) is 0. The third-order valence-corrected chi connectivity index (χ3v) is 15.2. The molecule has 3 nitrogen and oxygen atoms in total. The number of aromatic nitrogens is 1. The van der Waals surface area contributed by atoms with Gasteiger partial charge in [0.1, 0.15) is 0 Å². The molecule has 7 aromatic rings. The van der Waals surface area contributed by atoms with Crippen molar-refractivity contribution in [1.82, 2.24) is 4.57 Å². The summed E-state index contributed by atoms with van der Waals surface area (Å²) >= 11 is 0. The number of aryl methyl sites for hydroxylation is 1. The monoisotopic (exact) mass is 769 g/mol. The van der Waals surface area contributed by atoms with Gasteiger partial charge in [0, 0.05) is 44.8 Å². The quantitative estimate of drug-likeness (QED) is 0.165. The molecule has 4 heteroatoms. The van der Waals surface area contributed by atoms with Crippen LogP contribution < -0.4 is 26.2 Å². The Bertz CT molecular complexity index is 2800. The lowest BCUT2D eigenvalue weighted by atomic mass is 9.33. The summed E-state index contributed by atoms with van der Waals surface area (Å²) in [6.07, 6.45) is 4.88. The zero-order valence-corrected chi connectivity index (χ0v) is 36.4. The van der Waals surface area contributed by atoms with Crippen molar-refractivity contribution in [3.8, 4) is 16.9 Å². The second kappa shape index (κ2) is 12.3. The van der Waals surface area contributed by atoms with Gasteiger partial charge in [-0.05, 0) is 124 Å². The van der Waals surface area contributed by atoms with Crippen LogP contribution in [0.4, 0.5) is 28.4 Å². The topological polar surface area (TPSA) is 11.4 Å². The number of para-hydroxylation sites is 2.